The minimum Gasteiger partial charge on any atom is -0.484 e. The van der Waals surface area contributed by atoms with Gasteiger partial charge in [0.25, 0.3) is 0 Å². The third-order valence-electron chi connectivity index (χ3n) is 6.79. The Kier molecular flexibility index (Phi) is 3.73. The van der Waals surface area contributed by atoms with Gasteiger partial charge in [0.1, 0.15) is 11.4 Å². The Balaban J connectivity index is 1.72. The lowest BCUT2D eigenvalue weighted by atomic mass is 9.69. The van der Waals surface area contributed by atoms with Crippen molar-refractivity contribution in [1.82, 2.24) is 10.2 Å². The van der Waals surface area contributed by atoms with Crippen molar-refractivity contribution in [3.63, 3.8) is 0 Å². The van der Waals surface area contributed by atoms with Crippen LogP contribution in [0.1, 0.15) is 42.4 Å². The lowest BCUT2D eigenvalue weighted by molar-refractivity contribution is 0.00588. The SMILES string of the molecule is C=C1N(C)C(=O)NC12c1cc(Br)ccc1OC21CCc2ccccc2C(C)C1. The molecule has 5 heteroatoms. The first kappa shape index (κ1) is 17.8. The van der Waals surface area contributed by atoms with Crippen molar-refractivity contribution in [3.05, 3.63) is 75.9 Å². The van der Waals surface area contributed by atoms with Gasteiger partial charge in [-0.3, -0.25) is 4.90 Å². The van der Waals surface area contributed by atoms with Crippen molar-refractivity contribution in [2.24, 2.45) is 0 Å². The molecule has 1 fully saturated rings. The molecule has 28 heavy (non-hydrogen) atoms. The minimum absolute atomic E-state index is 0.129. The number of carbonyl (C=O) groups is 1. The molecule has 144 valence electrons. The van der Waals surface area contributed by atoms with Crippen molar-refractivity contribution in [1.29, 1.82) is 0 Å². The highest BCUT2D eigenvalue weighted by Gasteiger charge is 2.67. The van der Waals surface area contributed by atoms with Gasteiger partial charge in [0.05, 0.1) is 0 Å². The Labute approximate surface area is 173 Å². The first-order valence-electron chi connectivity index (χ1n) is 9.70. The van der Waals surface area contributed by atoms with Crippen LogP contribution in [0.3, 0.4) is 0 Å². The van der Waals surface area contributed by atoms with Gasteiger partial charge >= 0.3 is 6.03 Å². The number of ether oxygens (including phenoxy) is 1. The molecule has 2 aliphatic heterocycles. The summed E-state index contributed by atoms with van der Waals surface area (Å²) in [5.74, 6) is 1.14. The molecule has 0 radical (unpaired) electrons. The Morgan fingerprint density at radius 3 is 2.82 bits per heavy atom. The molecule has 3 unspecified atom stereocenters. The van der Waals surface area contributed by atoms with E-state index in [0.717, 1.165) is 40.7 Å². The summed E-state index contributed by atoms with van der Waals surface area (Å²) in [6.45, 7) is 6.61. The predicted molar refractivity (Wildman–Crippen MR) is 112 cm³/mol. The lowest BCUT2D eigenvalue weighted by Gasteiger charge is -2.43. The molecule has 1 N–H and O–H groups in total. The van der Waals surface area contributed by atoms with E-state index in [2.05, 4.69) is 65.1 Å². The van der Waals surface area contributed by atoms with Crippen LogP contribution in [0.2, 0.25) is 0 Å². The number of nitrogens with zero attached hydrogens (tertiary/aromatic N) is 1. The molecule has 3 atom stereocenters. The largest absolute Gasteiger partial charge is 0.484 e. The van der Waals surface area contributed by atoms with E-state index in [0.29, 0.717) is 5.92 Å². The van der Waals surface area contributed by atoms with Crippen LogP contribution in [0.15, 0.2) is 59.2 Å². The summed E-state index contributed by atoms with van der Waals surface area (Å²) >= 11 is 3.60. The summed E-state index contributed by atoms with van der Waals surface area (Å²) in [5.41, 5.74) is 3.15. The number of nitrogens with one attached hydrogen (secondary N) is 1. The number of carbonyl (C=O) groups excluding carboxylic acids is 1. The summed E-state index contributed by atoms with van der Waals surface area (Å²) in [4.78, 5) is 14.4. The van der Waals surface area contributed by atoms with Gasteiger partial charge in [-0.05, 0) is 54.5 Å². The van der Waals surface area contributed by atoms with E-state index in [1.54, 1.807) is 11.9 Å². The standard InChI is InChI=1S/C23H23BrN2O2/c1-14-13-22(11-10-16-6-4-5-7-18(14)16)23(15(2)26(3)21(27)25-23)19-12-17(24)8-9-20(19)28-22/h4-9,12,14H,2,10-11,13H2,1,3H3,(H,25,27). The zero-order valence-electron chi connectivity index (χ0n) is 16.1. The molecule has 1 aliphatic carbocycles. The summed E-state index contributed by atoms with van der Waals surface area (Å²) in [6.07, 6.45) is 2.53. The molecule has 2 heterocycles. The third-order valence-corrected chi connectivity index (χ3v) is 7.28. The van der Waals surface area contributed by atoms with Crippen LogP contribution in [0.25, 0.3) is 0 Å². The number of aryl methyl sites for hydroxylation is 1. The molecule has 2 aromatic carbocycles. The highest BCUT2D eigenvalue weighted by molar-refractivity contribution is 9.10. The number of benzene rings is 2. The van der Waals surface area contributed by atoms with Crippen LogP contribution in [0.4, 0.5) is 4.79 Å². The first-order chi connectivity index (χ1) is 13.4. The molecule has 0 bridgehead atoms. The van der Waals surface area contributed by atoms with E-state index >= 15 is 0 Å². The quantitative estimate of drug-likeness (QED) is 0.622. The molecule has 3 aliphatic rings. The minimum atomic E-state index is -0.756. The van der Waals surface area contributed by atoms with Crippen molar-refractivity contribution >= 4 is 22.0 Å². The Morgan fingerprint density at radius 2 is 2.07 bits per heavy atom. The van der Waals surface area contributed by atoms with Crippen LogP contribution >= 0.6 is 15.9 Å². The number of likely N-dealkylation sites (N-methyl/N-ethyl adjacent to an activating group) is 1. The fourth-order valence-electron chi connectivity index (χ4n) is 5.43. The highest BCUT2D eigenvalue weighted by Crippen LogP contribution is 2.59. The topological polar surface area (TPSA) is 41.6 Å². The molecule has 4 nitrogen and oxygen atoms in total. The van der Waals surface area contributed by atoms with Gasteiger partial charge in [-0.2, -0.15) is 0 Å². The van der Waals surface area contributed by atoms with E-state index in [1.165, 1.54) is 11.1 Å². The zero-order chi connectivity index (χ0) is 19.7. The second kappa shape index (κ2) is 5.86. The molecule has 1 saturated heterocycles. The normalized spacial score (nSPS) is 30.8. The Bertz CT molecular complexity index is 1020. The third kappa shape index (κ3) is 2.14. The van der Waals surface area contributed by atoms with E-state index in [-0.39, 0.29) is 6.03 Å². The zero-order valence-corrected chi connectivity index (χ0v) is 17.7. The molecule has 0 saturated carbocycles. The van der Waals surface area contributed by atoms with Crippen LogP contribution < -0.4 is 10.1 Å². The predicted octanol–water partition coefficient (Wildman–Crippen LogP) is 5.08. The monoisotopic (exact) mass is 438 g/mol. The average Bonchev–Trinajstić information content (AvgIpc) is 3.00. The maximum Gasteiger partial charge on any atom is 0.322 e. The van der Waals surface area contributed by atoms with Gasteiger partial charge < -0.3 is 10.1 Å². The van der Waals surface area contributed by atoms with Gasteiger partial charge in [-0.1, -0.05) is 53.7 Å². The number of amides is 2. The van der Waals surface area contributed by atoms with Gasteiger partial charge in [0.2, 0.25) is 0 Å². The summed E-state index contributed by atoms with van der Waals surface area (Å²) in [7, 11) is 1.78. The number of hydrogen-bond acceptors (Lipinski definition) is 2. The second-order valence-electron chi connectivity index (χ2n) is 8.23. The molecular weight excluding hydrogens is 416 g/mol. The van der Waals surface area contributed by atoms with E-state index in [4.69, 9.17) is 4.74 Å². The van der Waals surface area contributed by atoms with Gasteiger partial charge in [0, 0.05) is 22.8 Å². The highest BCUT2D eigenvalue weighted by atomic mass is 79.9. The van der Waals surface area contributed by atoms with E-state index < -0.39 is 11.1 Å². The van der Waals surface area contributed by atoms with Crippen LogP contribution in [0.5, 0.6) is 5.75 Å². The Hall–Kier alpha value is -2.27. The van der Waals surface area contributed by atoms with Gasteiger partial charge in [-0.15, -0.1) is 0 Å². The van der Waals surface area contributed by atoms with Crippen LogP contribution in [-0.4, -0.2) is 23.6 Å². The molecule has 2 amide bonds. The maximum absolute atomic E-state index is 12.7. The van der Waals surface area contributed by atoms with Crippen molar-refractivity contribution in [2.75, 3.05) is 7.05 Å². The number of fused-ring (bicyclic) bond motifs is 4. The average molecular weight is 439 g/mol. The van der Waals surface area contributed by atoms with Crippen molar-refractivity contribution in [2.45, 2.75) is 43.2 Å². The molecule has 5 rings (SSSR count). The smallest absolute Gasteiger partial charge is 0.322 e. The fraction of sp³-hybridized carbons (Fsp3) is 0.348. The maximum atomic E-state index is 12.7. The van der Waals surface area contributed by atoms with Crippen molar-refractivity contribution in [3.8, 4) is 5.75 Å². The van der Waals surface area contributed by atoms with E-state index in [1.807, 2.05) is 12.1 Å². The second-order valence-corrected chi connectivity index (χ2v) is 9.14. The number of halogens is 1. The van der Waals surface area contributed by atoms with E-state index in [9.17, 15) is 4.79 Å². The summed E-state index contributed by atoms with van der Waals surface area (Å²) < 4.78 is 7.72. The summed E-state index contributed by atoms with van der Waals surface area (Å²) in [6, 6.07) is 14.6. The molecule has 2 spiro atoms. The van der Waals surface area contributed by atoms with Crippen molar-refractivity contribution < 1.29 is 9.53 Å². The van der Waals surface area contributed by atoms with Gasteiger partial charge in [-0.25, -0.2) is 4.79 Å². The summed E-state index contributed by atoms with van der Waals surface area (Å²) in [5, 5.41) is 3.29. The van der Waals surface area contributed by atoms with Crippen LogP contribution in [0, 0.1) is 0 Å². The number of rotatable bonds is 0. The number of urea groups is 1. The molecule has 0 aromatic heterocycles. The molecule has 2 aromatic rings. The Morgan fingerprint density at radius 1 is 1.29 bits per heavy atom. The number of hydrogen-bond donors (Lipinski definition) is 1. The van der Waals surface area contributed by atoms with Gasteiger partial charge in [0.15, 0.2) is 5.54 Å². The molecular formula is C23H23BrN2O2. The fourth-order valence-corrected chi connectivity index (χ4v) is 5.79. The van der Waals surface area contributed by atoms with Crippen LogP contribution in [-0.2, 0) is 12.0 Å². The first-order valence-corrected chi connectivity index (χ1v) is 10.5. The lowest BCUT2D eigenvalue weighted by Crippen LogP contribution is -2.58.